The molecule has 1 amide bonds. The van der Waals surface area contributed by atoms with Crippen molar-refractivity contribution in [3.8, 4) is 0 Å². The van der Waals surface area contributed by atoms with Crippen molar-refractivity contribution in [3.05, 3.63) is 47.1 Å². The Labute approximate surface area is 149 Å². The van der Waals surface area contributed by atoms with E-state index in [0.717, 1.165) is 20.9 Å². The number of nitrogens with one attached hydrogen (secondary N) is 1. The van der Waals surface area contributed by atoms with Gasteiger partial charge in [0.1, 0.15) is 0 Å². The molecule has 2 rings (SSSR count). The van der Waals surface area contributed by atoms with Crippen molar-refractivity contribution in [1.82, 2.24) is 9.88 Å². The Bertz CT molecular complexity index is 765. The molecule has 128 valence electrons. The van der Waals surface area contributed by atoms with Crippen molar-refractivity contribution >= 4 is 38.7 Å². The highest BCUT2D eigenvalue weighted by Gasteiger charge is 2.12. The second kappa shape index (κ2) is 8.15. The molecule has 0 spiro atoms. The van der Waals surface area contributed by atoms with Gasteiger partial charge in [-0.25, -0.2) is 0 Å². The molecule has 1 aromatic heterocycles. The Balaban J connectivity index is 2.21. The third-order valence-corrected chi connectivity index (χ3v) is 3.98. The van der Waals surface area contributed by atoms with Gasteiger partial charge in [-0.2, -0.15) is 0 Å². The number of carbonyl (C=O) groups is 2. The van der Waals surface area contributed by atoms with Crippen molar-refractivity contribution in [1.29, 1.82) is 0 Å². The predicted octanol–water partition coefficient (Wildman–Crippen LogP) is 3.55. The van der Waals surface area contributed by atoms with Crippen molar-refractivity contribution in [2.24, 2.45) is 0 Å². The summed E-state index contributed by atoms with van der Waals surface area (Å²) in [7, 11) is 0. The minimum Gasteiger partial charge on any atom is -0.463 e. The number of esters is 1. The average Bonchev–Trinajstić information content (AvgIpc) is 2.87. The third kappa shape index (κ3) is 4.71. The molecule has 0 bridgehead atoms. The summed E-state index contributed by atoms with van der Waals surface area (Å²) in [5.74, 6) is -0.433. The average molecular weight is 393 g/mol. The Hall–Kier alpha value is -2.08. The molecule has 0 saturated heterocycles. The number of benzene rings is 1. The summed E-state index contributed by atoms with van der Waals surface area (Å²) in [4.78, 5) is 23.2. The van der Waals surface area contributed by atoms with E-state index in [-0.39, 0.29) is 18.0 Å². The molecule has 0 saturated carbocycles. The Morgan fingerprint density at radius 2 is 2.17 bits per heavy atom. The Morgan fingerprint density at radius 1 is 1.42 bits per heavy atom. The summed E-state index contributed by atoms with van der Waals surface area (Å²) >= 11 is 3.47. The summed E-state index contributed by atoms with van der Waals surface area (Å²) in [6.45, 7) is 8.05. The standard InChI is InChI=1S/C18H21BrN2O3/c1-4-17(22)20-10-13-11-21(8-7-18(23)24-12(2)3)16-6-5-14(19)9-15(13)16/h4-6,9,11-12H,1,7-8,10H2,2-3H3,(H,20,22). The normalized spacial score (nSPS) is 10.8. The number of hydrogen-bond acceptors (Lipinski definition) is 3. The number of aryl methyl sites for hydroxylation is 1. The first-order chi connectivity index (χ1) is 11.4. The van der Waals surface area contributed by atoms with E-state index in [1.54, 1.807) is 0 Å². The topological polar surface area (TPSA) is 60.3 Å². The van der Waals surface area contributed by atoms with E-state index in [9.17, 15) is 9.59 Å². The van der Waals surface area contributed by atoms with Gasteiger partial charge in [-0.3, -0.25) is 9.59 Å². The second-order valence-electron chi connectivity index (χ2n) is 5.72. The van der Waals surface area contributed by atoms with Gasteiger partial charge >= 0.3 is 5.97 Å². The van der Waals surface area contributed by atoms with Gasteiger partial charge in [0, 0.05) is 34.7 Å². The maximum absolute atomic E-state index is 11.8. The predicted molar refractivity (Wildman–Crippen MR) is 97.5 cm³/mol. The first-order valence-electron chi connectivity index (χ1n) is 7.77. The number of carbonyl (C=O) groups excluding carboxylic acids is 2. The van der Waals surface area contributed by atoms with Gasteiger partial charge in [0.15, 0.2) is 0 Å². The zero-order chi connectivity index (χ0) is 17.7. The third-order valence-electron chi connectivity index (χ3n) is 3.49. The first kappa shape index (κ1) is 18.3. The van der Waals surface area contributed by atoms with Crippen molar-refractivity contribution in [2.75, 3.05) is 0 Å². The Kier molecular flexibility index (Phi) is 6.20. The lowest BCUT2D eigenvalue weighted by Gasteiger charge is -2.09. The van der Waals surface area contributed by atoms with Gasteiger partial charge in [-0.15, -0.1) is 0 Å². The number of ether oxygens (including phenoxy) is 1. The number of halogens is 1. The van der Waals surface area contributed by atoms with Crippen LogP contribution in [0.4, 0.5) is 0 Å². The first-order valence-corrected chi connectivity index (χ1v) is 8.57. The minimum atomic E-state index is -0.217. The summed E-state index contributed by atoms with van der Waals surface area (Å²) in [6, 6.07) is 5.96. The highest BCUT2D eigenvalue weighted by atomic mass is 79.9. The molecule has 0 aliphatic heterocycles. The van der Waals surface area contributed by atoms with Crippen LogP contribution in [-0.4, -0.2) is 22.5 Å². The number of fused-ring (bicyclic) bond motifs is 1. The fraction of sp³-hybridized carbons (Fsp3) is 0.333. The largest absolute Gasteiger partial charge is 0.463 e. The van der Waals surface area contributed by atoms with Crippen molar-refractivity contribution < 1.29 is 14.3 Å². The van der Waals surface area contributed by atoms with Crippen LogP contribution < -0.4 is 5.32 Å². The van der Waals surface area contributed by atoms with E-state index in [0.29, 0.717) is 19.5 Å². The lowest BCUT2D eigenvalue weighted by atomic mass is 10.2. The smallest absolute Gasteiger partial charge is 0.307 e. The molecular weight excluding hydrogens is 372 g/mol. The van der Waals surface area contributed by atoms with Gasteiger partial charge in [0.2, 0.25) is 5.91 Å². The zero-order valence-electron chi connectivity index (χ0n) is 13.8. The van der Waals surface area contributed by atoms with E-state index >= 15 is 0 Å². The molecule has 2 aromatic rings. The summed E-state index contributed by atoms with van der Waals surface area (Å²) < 4.78 is 8.15. The monoisotopic (exact) mass is 392 g/mol. The summed E-state index contributed by atoms with van der Waals surface area (Å²) in [5, 5.41) is 3.82. The highest BCUT2D eigenvalue weighted by molar-refractivity contribution is 9.10. The van der Waals surface area contributed by atoms with Gasteiger partial charge in [0.05, 0.1) is 12.5 Å². The molecule has 0 aliphatic rings. The van der Waals surface area contributed by atoms with E-state index in [1.807, 2.05) is 42.8 Å². The van der Waals surface area contributed by atoms with E-state index < -0.39 is 0 Å². The van der Waals surface area contributed by atoms with Crippen LogP contribution in [0.2, 0.25) is 0 Å². The molecule has 0 atom stereocenters. The number of aromatic nitrogens is 1. The van der Waals surface area contributed by atoms with Gasteiger partial charge < -0.3 is 14.6 Å². The fourth-order valence-corrected chi connectivity index (χ4v) is 2.82. The van der Waals surface area contributed by atoms with Gasteiger partial charge in [0.25, 0.3) is 0 Å². The molecule has 0 radical (unpaired) electrons. The zero-order valence-corrected chi connectivity index (χ0v) is 15.4. The van der Waals surface area contributed by atoms with Crippen LogP contribution >= 0.6 is 15.9 Å². The lowest BCUT2D eigenvalue weighted by Crippen LogP contribution is -2.19. The van der Waals surface area contributed by atoms with E-state index in [1.165, 1.54) is 6.08 Å². The van der Waals surface area contributed by atoms with Crippen molar-refractivity contribution in [3.63, 3.8) is 0 Å². The van der Waals surface area contributed by atoms with Crippen LogP contribution in [0.15, 0.2) is 41.5 Å². The fourth-order valence-electron chi connectivity index (χ4n) is 2.46. The number of nitrogens with zero attached hydrogens (tertiary/aromatic N) is 1. The maximum Gasteiger partial charge on any atom is 0.307 e. The molecule has 1 heterocycles. The molecule has 0 unspecified atom stereocenters. The van der Waals surface area contributed by atoms with E-state index in [4.69, 9.17) is 4.74 Å². The molecular formula is C18H21BrN2O3. The summed E-state index contributed by atoms with van der Waals surface area (Å²) in [6.07, 6.45) is 3.40. The second-order valence-corrected chi connectivity index (χ2v) is 6.64. The molecule has 5 nitrogen and oxygen atoms in total. The molecule has 0 fully saturated rings. The molecule has 1 aromatic carbocycles. The minimum absolute atomic E-state index is 0.112. The molecule has 0 aliphatic carbocycles. The van der Waals surface area contributed by atoms with Crippen LogP contribution in [0.3, 0.4) is 0 Å². The Morgan fingerprint density at radius 3 is 2.83 bits per heavy atom. The van der Waals surface area contributed by atoms with Crippen LogP contribution in [-0.2, 0) is 27.4 Å². The number of amides is 1. The highest BCUT2D eigenvalue weighted by Crippen LogP contribution is 2.25. The van der Waals surface area contributed by atoms with Crippen molar-refractivity contribution in [2.45, 2.75) is 39.5 Å². The van der Waals surface area contributed by atoms with E-state index in [2.05, 4.69) is 27.8 Å². The SMILES string of the molecule is C=CC(=O)NCc1cn(CCC(=O)OC(C)C)c2ccc(Br)cc12. The number of hydrogen-bond donors (Lipinski definition) is 1. The van der Waals surface area contributed by atoms with Crippen LogP contribution in [0.25, 0.3) is 10.9 Å². The summed E-state index contributed by atoms with van der Waals surface area (Å²) in [5.41, 5.74) is 2.00. The quantitative estimate of drug-likeness (QED) is 0.578. The molecule has 6 heteroatoms. The lowest BCUT2D eigenvalue weighted by molar-refractivity contribution is -0.147. The van der Waals surface area contributed by atoms with Crippen LogP contribution in [0.1, 0.15) is 25.8 Å². The number of rotatable bonds is 7. The molecule has 1 N–H and O–H groups in total. The van der Waals surface area contributed by atoms with Crippen LogP contribution in [0, 0.1) is 0 Å². The van der Waals surface area contributed by atoms with Gasteiger partial charge in [-0.1, -0.05) is 22.5 Å². The van der Waals surface area contributed by atoms with Gasteiger partial charge in [-0.05, 0) is 43.7 Å². The molecule has 24 heavy (non-hydrogen) atoms. The van der Waals surface area contributed by atoms with Crippen LogP contribution in [0.5, 0.6) is 0 Å². The maximum atomic E-state index is 11.8.